The summed E-state index contributed by atoms with van der Waals surface area (Å²) in [7, 11) is 2.87. The maximum absolute atomic E-state index is 2.41. The summed E-state index contributed by atoms with van der Waals surface area (Å²) in [5.74, 6) is 2.79. The van der Waals surface area contributed by atoms with Gasteiger partial charge in [0, 0.05) is 24.6 Å². The molecule has 1 saturated heterocycles. The zero-order chi connectivity index (χ0) is 6.69. The molecule has 1 aliphatic rings. The molecule has 9 heavy (non-hydrogen) atoms. The molecular formula is C7H15NS. The summed E-state index contributed by atoms with van der Waals surface area (Å²) in [6.45, 7) is 4.79. The van der Waals surface area contributed by atoms with Crippen LogP contribution in [0.3, 0.4) is 0 Å². The fourth-order valence-electron chi connectivity index (χ4n) is 0.996. The third-order valence-electron chi connectivity index (χ3n) is 1.80. The summed E-state index contributed by atoms with van der Waals surface area (Å²) in [6.07, 6.45) is 0. The van der Waals surface area contributed by atoms with E-state index in [2.05, 4.69) is 24.2 Å². The first kappa shape index (κ1) is 7.29. The van der Waals surface area contributed by atoms with Crippen molar-refractivity contribution in [1.82, 2.24) is 4.90 Å². The maximum Gasteiger partial charge on any atom is 0.00650 e. The van der Waals surface area contributed by atoms with Crippen LogP contribution < -0.4 is 0 Å². The first-order chi connectivity index (χ1) is 4.33. The van der Waals surface area contributed by atoms with Gasteiger partial charge in [-0.05, 0) is 14.0 Å². The minimum absolute atomic E-state index is 0.661. The third kappa shape index (κ3) is 2.11. The predicted molar refractivity (Wildman–Crippen MR) is 46.6 cm³/mol. The molecule has 1 heterocycles. The molecule has 0 aromatic carbocycles. The highest BCUT2D eigenvalue weighted by Crippen LogP contribution is 2.15. The molecule has 54 valence electrons. The molecule has 0 radical (unpaired) electrons. The highest BCUT2D eigenvalue weighted by Gasteiger charge is 2.06. The molecule has 0 aromatic heterocycles. The highest BCUT2D eigenvalue weighted by atomic mass is 32.2. The molecule has 1 nitrogen and oxygen atoms in total. The largest absolute Gasteiger partial charge is 0.305 e. The van der Waals surface area contributed by atoms with Crippen LogP contribution in [0.2, 0.25) is 0 Å². The van der Waals surface area contributed by atoms with Gasteiger partial charge >= 0.3 is 0 Å². The van der Waals surface area contributed by atoms with Gasteiger partial charge in [-0.25, -0.2) is 0 Å². The molecule has 0 atom stereocenters. The molecule has 0 spiro atoms. The van der Waals surface area contributed by atoms with Crippen molar-refractivity contribution in [2.24, 2.45) is 0 Å². The van der Waals surface area contributed by atoms with E-state index in [0.717, 1.165) is 0 Å². The van der Waals surface area contributed by atoms with Crippen molar-refractivity contribution in [2.45, 2.75) is 6.92 Å². The Balaban J connectivity index is 2.35. The number of rotatable bonds is 0. The van der Waals surface area contributed by atoms with E-state index in [1.165, 1.54) is 24.6 Å². The van der Waals surface area contributed by atoms with Crippen LogP contribution in [0.15, 0.2) is 0 Å². The Labute approximate surface area is 60.0 Å². The van der Waals surface area contributed by atoms with Gasteiger partial charge in [-0.15, -0.1) is 0 Å². The normalized spacial score (nSPS) is 24.2. The molecule has 0 aliphatic carbocycles. The number of hydrogen-bond acceptors (Lipinski definition) is 1. The Hall–Kier alpha value is 0.180. The van der Waals surface area contributed by atoms with Crippen LogP contribution in [-0.4, -0.2) is 41.9 Å². The van der Waals surface area contributed by atoms with Gasteiger partial charge in [0.2, 0.25) is 0 Å². The van der Waals surface area contributed by atoms with Crippen molar-refractivity contribution in [3.8, 4) is 0 Å². The van der Waals surface area contributed by atoms with Gasteiger partial charge < -0.3 is 4.90 Å². The Kier molecular flexibility index (Phi) is 2.73. The lowest BCUT2D eigenvalue weighted by molar-refractivity contribution is 0.371. The lowest BCUT2D eigenvalue weighted by Crippen LogP contribution is -2.29. The van der Waals surface area contributed by atoms with Crippen molar-refractivity contribution >= 4 is 15.9 Å². The Bertz CT molecular complexity index is 110. The molecule has 0 N–H and O–H groups in total. The molecule has 0 unspecified atom stereocenters. The second kappa shape index (κ2) is 3.37. The molecule has 1 fully saturated rings. The van der Waals surface area contributed by atoms with E-state index in [9.17, 15) is 0 Å². The van der Waals surface area contributed by atoms with E-state index in [4.69, 9.17) is 0 Å². The number of hydrogen-bond donors (Lipinski definition) is 0. The van der Waals surface area contributed by atoms with E-state index < -0.39 is 0 Å². The fraction of sp³-hybridized carbons (Fsp3) is 0.857. The van der Waals surface area contributed by atoms with Gasteiger partial charge in [0.15, 0.2) is 0 Å². The summed E-state index contributed by atoms with van der Waals surface area (Å²) < 4.78 is 0. The maximum atomic E-state index is 2.41. The minimum Gasteiger partial charge on any atom is -0.305 e. The summed E-state index contributed by atoms with van der Waals surface area (Å²) >= 11 is 0. The van der Waals surface area contributed by atoms with Crippen LogP contribution in [-0.2, 0) is 0 Å². The average molecular weight is 145 g/mol. The lowest BCUT2D eigenvalue weighted by atomic mass is 10.6. The van der Waals surface area contributed by atoms with Gasteiger partial charge in [0.05, 0.1) is 0 Å². The molecule has 0 bridgehead atoms. The number of nitrogens with zero attached hydrogens (tertiary/aromatic N) is 1. The van der Waals surface area contributed by atoms with Crippen molar-refractivity contribution in [2.75, 3.05) is 31.6 Å². The zero-order valence-electron chi connectivity index (χ0n) is 6.26. The van der Waals surface area contributed by atoms with Gasteiger partial charge in [-0.1, -0.05) is 5.37 Å². The van der Waals surface area contributed by atoms with Crippen LogP contribution in [0.1, 0.15) is 6.92 Å². The monoisotopic (exact) mass is 145 g/mol. The van der Waals surface area contributed by atoms with Crippen LogP contribution in [0.4, 0.5) is 0 Å². The van der Waals surface area contributed by atoms with Crippen molar-refractivity contribution in [1.29, 1.82) is 0 Å². The van der Waals surface area contributed by atoms with Gasteiger partial charge in [0.1, 0.15) is 0 Å². The Morgan fingerprint density at radius 1 is 1.33 bits per heavy atom. The molecule has 1 aliphatic heterocycles. The topological polar surface area (TPSA) is 3.24 Å². The van der Waals surface area contributed by atoms with Gasteiger partial charge in [0.25, 0.3) is 0 Å². The first-order valence-corrected chi connectivity index (χ1v) is 5.10. The van der Waals surface area contributed by atoms with Crippen LogP contribution in [0, 0.1) is 0 Å². The SMILES string of the molecule is CC=S1CCN(C)CC1. The van der Waals surface area contributed by atoms with Gasteiger partial charge in [-0.2, -0.15) is 10.5 Å². The molecule has 0 amide bonds. The van der Waals surface area contributed by atoms with E-state index in [1.807, 2.05) is 0 Å². The second-order valence-corrected chi connectivity index (χ2v) is 4.85. The summed E-state index contributed by atoms with van der Waals surface area (Å²) in [5.41, 5.74) is 0. The average Bonchev–Trinajstić information content (AvgIpc) is 1.90. The molecule has 0 aromatic rings. The molecular weight excluding hydrogens is 130 g/mol. The summed E-state index contributed by atoms with van der Waals surface area (Å²) in [5, 5.41) is 2.37. The van der Waals surface area contributed by atoms with Crippen LogP contribution in [0.25, 0.3) is 0 Å². The molecule has 2 heteroatoms. The predicted octanol–water partition coefficient (Wildman–Crippen LogP) is 1.02. The quantitative estimate of drug-likeness (QED) is 0.460. The third-order valence-corrected chi connectivity index (χ3v) is 3.88. The summed E-state index contributed by atoms with van der Waals surface area (Å²) in [4.78, 5) is 2.41. The summed E-state index contributed by atoms with van der Waals surface area (Å²) in [6, 6.07) is 0. The highest BCUT2D eigenvalue weighted by molar-refractivity contribution is 8.15. The zero-order valence-corrected chi connectivity index (χ0v) is 7.08. The van der Waals surface area contributed by atoms with E-state index in [1.54, 1.807) is 0 Å². The van der Waals surface area contributed by atoms with Crippen LogP contribution in [0.5, 0.6) is 0 Å². The van der Waals surface area contributed by atoms with E-state index in [0.29, 0.717) is 10.5 Å². The van der Waals surface area contributed by atoms with Crippen molar-refractivity contribution in [3.05, 3.63) is 0 Å². The van der Waals surface area contributed by atoms with Crippen molar-refractivity contribution in [3.63, 3.8) is 0 Å². The van der Waals surface area contributed by atoms with E-state index >= 15 is 0 Å². The van der Waals surface area contributed by atoms with Crippen LogP contribution >= 0.6 is 10.5 Å². The van der Waals surface area contributed by atoms with Gasteiger partial charge in [-0.3, -0.25) is 0 Å². The Morgan fingerprint density at radius 2 is 1.89 bits per heavy atom. The lowest BCUT2D eigenvalue weighted by Gasteiger charge is -2.24. The van der Waals surface area contributed by atoms with E-state index in [-0.39, 0.29) is 0 Å². The standard InChI is InChI=1S/C7H15NS/c1-3-9-6-4-8(2)5-7-9/h3H,4-7H2,1-2H3. The first-order valence-electron chi connectivity index (χ1n) is 3.47. The molecule has 1 rings (SSSR count). The molecule has 0 saturated carbocycles. The smallest absolute Gasteiger partial charge is 0.00650 e. The fourth-order valence-corrected chi connectivity index (χ4v) is 2.76. The Morgan fingerprint density at radius 3 is 2.33 bits per heavy atom. The second-order valence-electron chi connectivity index (χ2n) is 2.48. The minimum atomic E-state index is 0.661. The van der Waals surface area contributed by atoms with Crippen molar-refractivity contribution < 1.29 is 0 Å².